The second-order valence-electron chi connectivity index (χ2n) is 5.62. The molecule has 0 spiro atoms. The van der Waals surface area contributed by atoms with Crippen LogP contribution in [0.3, 0.4) is 0 Å². The van der Waals surface area contributed by atoms with Crippen LogP contribution < -0.4 is 0 Å². The minimum atomic E-state index is -1.41. The van der Waals surface area contributed by atoms with E-state index in [0.717, 1.165) is 13.1 Å². The summed E-state index contributed by atoms with van der Waals surface area (Å²) in [4.78, 5) is 13.9. The van der Waals surface area contributed by atoms with E-state index in [-0.39, 0.29) is 5.91 Å². The highest BCUT2D eigenvalue weighted by molar-refractivity contribution is 7.66. The Morgan fingerprint density at radius 2 is 1.62 bits per heavy atom. The Balaban J connectivity index is 4.72. The predicted octanol–water partition coefficient (Wildman–Crippen LogP) is 3.15. The summed E-state index contributed by atoms with van der Waals surface area (Å²) in [7, 11) is -2.82. The van der Waals surface area contributed by atoms with Crippen molar-refractivity contribution in [2.75, 3.05) is 32.6 Å². The van der Waals surface area contributed by atoms with Crippen LogP contribution in [0.15, 0.2) is 4.41 Å². The second kappa shape index (κ2) is 6.01. The number of carbonyl (C=O) groups excluding carboxylic acids is 1. The molecule has 0 aromatic carbocycles. The van der Waals surface area contributed by atoms with Gasteiger partial charge in [0.15, 0.2) is 8.24 Å². The molecule has 0 aliphatic rings. The first-order chi connectivity index (χ1) is 7.11. The van der Waals surface area contributed by atoms with Gasteiger partial charge < -0.3 is 9.31 Å². The Labute approximate surface area is 102 Å². The predicted molar refractivity (Wildman–Crippen MR) is 77.3 cm³/mol. The zero-order valence-electron chi connectivity index (χ0n) is 11.9. The molecule has 96 valence electrons. The molecule has 3 nitrogen and oxygen atoms in total. The van der Waals surface area contributed by atoms with Crippen molar-refractivity contribution in [3.8, 4) is 0 Å². The molecule has 1 amide bonds. The van der Waals surface area contributed by atoms with Crippen LogP contribution >= 0.6 is 7.05 Å². The van der Waals surface area contributed by atoms with E-state index in [0.29, 0.717) is 6.16 Å². The molecular formula is C11H27N2OPSi. The van der Waals surface area contributed by atoms with Crippen molar-refractivity contribution in [3.63, 3.8) is 0 Å². The number of hydrogen-bond donors (Lipinski definition) is 0. The van der Waals surface area contributed by atoms with Crippen LogP contribution in [0.25, 0.3) is 0 Å². The van der Waals surface area contributed by atoms with Crippen molar-refractivity contribution in [2.24, 2.45) is 4.41 Å². The normalized spacial score (nSPS) is 12.4. The Hall–Kier alpha value is -0.0831. The molecule has 0 rings (SSSR count). The molecular weight excluding hydrogens is 235 g/mol. The maximum absolute atomic E-state index is 12.0. The van der Waals surface area contributed by atoms with E-state index in [1.165, 1.54) is 0 Å². The van der Waals surface area contributed by atoms with E-state index < -0.39 is 15.3 Å². The van der Waals surface area contributed by atoms with Crippen LogP contribution in [0, 0.1) is 0 Å². The van der Waals surface area contributed by atoms with E-state index in [4.69, 9.17) is 4.41 Å². The molecule has 0 N–H and O–H groups in total. The molecule has 16 heavy (non-hydrogen) atoms. The number of hydrogen-bond acceptors (Lipinski definition) is 2. The summed E-state index contributed by atoms with van der Waals surface area (Å²) < 4.78 is 4.93. The van der Waals surface area contributed by atoms with E-state index >= 15 is 0 Å². The smallest absolute Gasteiger partial charge is 0.228 e. The maximum atomic E-state index is 12.0. The summed E-state index contributed by atoms with van der Waals surface area (Å²) in [6, 6.07) is 0. The minimum Gasteiger partial charge on any atom is -0.343 e. The Morgan fingerprint density at radius 3 is 1.94 bits per heavy atom. The van der Waals surface area contributed by atoms with Crippen molar-refractivity contribution >= 4 is 21.2 Å². The molecule has 0 saturated heterocycles. The monoisotopic (exact) mass is 262 g/mol. The molecule has 0 radical (unpaired) electrons. The summed E-state index contributed by atoms with van der Waals surface area (Å²) >= 11 is 0. The van der Waals surface area contributed by atoms with E-state index in [1.807, 2.05) is 18.7 Å². The van der Waals surface area contributed by atoms with E-state index in [2.05, 4.69) is 33.0 Å². The molecule has 0 unspecified atom stereocenters. The van der Waals surface area contributed by atoms with Gasteiger partial charge in [0, 0.05) is 13.1 Å². The highest BCUT2D eigenvalue weighted by Crippen LogP contribution is 2.43. The largest absolute Gasteiger partial charge is 0.343 e. The fourth-order valence-corrected chi connectivity index (χ4v) is 9.50. The lowest BCUT2D eigenvalue weighted by Crippen LogP contribution is -2.33. The zero-order valence-corrected chi connectivity index (χ0v) is 13.8. The Morgan fingerprint density at radius 1 is 1.19 bits per heavy atom. The third-order valence-electron chi connectivity index (χ3n) is 2.21. The molecule has 0 aliphatic carbocycles. The first-order valence-electron chi connectivity index (χ1n) is 5.96. The standard InChI is InChI=1S/C11H27N2OPSi/c1-8-13(9-2)11(14)10-15(3,4)12-16(5,6)7/h8-10H2,1-7H3. The van der Waals surface area contributed by atoms with Gasteiger partial charge >= 0.3 is 0 Å². The van der Waals surface area contributed by atoms with Gasteiger partial charge in [-0.25, -0.2) is 0 Å². The van der Waals surface area contributed by atoms with Gasteiger partial charge in [0.2, 0.25) is 5.91 Å². The quantitative estimate of drug-likeness (QED) is 0.553. The molecule has 0 bridgehead atoms. The van der Waals surface area contributed by atoms with Crippen LogP contribution in [0.5, 0.6) is 0 Å². The lowest BCUT2D eigenvalue weighted by atomic mass is 10.5. The molecule has 0 aliphatic heterocycles. The number of carbonyl (C=O) groups is 1. The zero-order chi connectivity index (χ0) is 13.0. The molecule has 0 saturated carbocycles. The van der Waals surface area contributed by atoms with Gasteiger partial charge in [-0.1, -0.05) is 19.6 Å². The first-order valence-corrected chi connectivity index (χ1v) is 12.2. The van der Waals surface area contributed by atoms with Gasteiger partial charge in [-0.3, -0.25) is 4.79 Å². The maximum Gasteiger partial charge on any atom is 0.228 e. The lowest BCUT2D eigenvalue weighted by Gasteiger charge is -2.24. The summed E-state index contributed by atoms with van der Waals surface area (Å²) in [5.41, 5.74) is 0. The third-order valence-corrected chi connectivity index (χ3v) is 7.82. The van der Waals surface area contributed by atoms with Crippen molar-refractivity contribution in [3.05, 3.63) is 0 Å². The highest BCUT2D eigenvalue weighted by atomic mass is 31.2. The van der Waals surface area contributed by atoms with Crippen LogP contribution in [-0.2, 0) is 4.79 Å². The summed E-state index contributed by atoms with van der Waals surface area (Å²) in [5.74, 6) is 0.269. The van der Waals surface area contributed by atoms with E-state index in [9.17, 15) is 4.79 Å². The van der Waals surface area contributed by atoms with Crippen molar-refractivity contribution in [2.45, 2.75) is 33.5 Å². The van der Waals surface area contributed by atoms with Crippen LogP contribution in [0.4, 0.5) is 0 Å². The van der Waals surface area contributed by atoms with Gasteiger partial charge in [0.25, 0.3) is 0 Å². The lowest BCUT2D eigenvalue weighted by molar-refractivity contribution is -0.128. The summed E-state index contributed by atoms with van der Waals surface area (Å²) in [5, 5.41) is 0. The Bertz CT molecular complexity index is 287. The van der Waals surface area contributed by atoms with Gasteiger partial charge in [0.05, 0.1) is 6.16 Å². The average Bonchev–Trinajstić information content (AvgIpc) is 1.99. The molecule has 0 aromatic heterocycles. The molecule has 0 aromatic rings. The summed E-state index contributed by atoms with van der Waals surface area (Å²) in [6.45, 7) is 16.7. The molecule has 0 atom stereocenters. The van der Waals surface area contributed by atoms with Crippen molar-refractivity contribution in [1.82, 2.24) is 4.90 Å². The van der Waals surface area contributed by atoms with Crippen molar-refractivity contribution in [1.29, 1.82) is 0 Å². The van der Waals surface area contributed by atoms with Gasteiger partial charge in [-0.05, 0) is 34.2 Å². The minimum absolute atomic E-state index is 0.269. The highest BCUT2D eigenvalue weighted by Gasteiger charge is 2.20. The number of amides is 1. The van der Waals surface area contributed by atoms with E-state index in [1.54, 1.807) is 0 Å². The Kier molecular flexibility index (Phi) is 5.98. The van der Waals surface area contributed by atoms with Crippen LogP contribution in [0.2, 0.25) is 19.6 Å². The second-order valence-corrected chi connectivity index (χ2v) is 14.3. The molecule has 0 heterocycles. The van der Waals surface area contributed by atoms with Gasteiger partial charge in [-0.2, -0.15) is 0 Å². The van der Waals surface area contributed by atoms with Crippen LogP contribution in [0.1, 0.15) is 13.8 Å². The molecule has 5 heteroatoms. The topological polar surface area (TPSA) is 32.7 Å². The fraction of sp³-hybridized carbons (Fsp3) is 0.909. The SMILES string of the molecule is CCN(CC)C(=O)CP(C)(C)=N[Si](C)(C)C. The number of rotatable bonds is 5. The summed E-state index contributed by atoms with van der Waals surface area (Å²) in [6.07, 6.45) is 0.638. The third kappa shape index (κ3) is 6.49. The number of nitrogens with zero attached hydrogens (tertiary/aromatic N) is 2. The average molecular weight is 262 g/mol. The van der Waals surface area contributed by atoms with Crippen LogP contribution in [-0.4, -0.2) is 51.6 Å². The first kappa shape index (κ1) is 15.9. The van der Waals surface area contributed by atoms with Gasteiger partial charge in [0.1, 0.15) is 0 Å². The fourth-order valence-electron chi connectivity index (χ4n) is 1.85. The van der Waals surface area contributed by atoms with Crippen molar-refractivity contribution < 1.29 is 4.79 Å². The van der Waals surface area contributed by atoms with Gasteiger partial charge in [-0.15, -0.1) is 0 Å². The molecule has 0 fully saturated rings.